The molecule has 0 saturated heterocycles. The van der Waals surface area contributed by atoms with Gasteiger partial charge in [0.1, 0.15) is 7.74 Å². The summed E-state index contributed by atoms with van der Waals surface area (Å²) in [5.74, 6) is 0. The standard InChI is InChI=1S/C13H27NPSi/c1-11(2,3)16(15-10-14,12(4,5)6)13(7,8)9/h1-9H3/q-1. The lowest BCUT2D eigenvalue weighted by molar-refractivity contribution is 0.558. The average Bonchev–Trinajstić information content (AvgIpc) is 1.91. The van der Waals surface area contributed by atoms with E-state index in [-0.39, 0.29) is 15.1 Å². The molecule has 0 spiro atoms. The summed E-state index contributed by atoms with van der Waals surface area (Å²) >= 11 is 0. The Kier molecular flexibility index (Phi) is 4.43. The molecule has 0 heterocycles. The molecule has 16 heavy (non-hydrogen) atoms. The minimum Gasteiger partial charge on any atom is -0.760 e. The number of hydrogen-bond acceptors (Lipinski definition) is 0. The molecule has 0 N–H and O–H groups in total. The van der Waals surface area contributed by atoms with Crippen LogP contribution in [0.25, 0.3) is 5.41 Å². The average molecular weight is 256 g/mol. The number of nitrogens with zero attached hydrogens (tertiary/aromatic N) is 1. The molecule has 0 aliphatic carbocycles. The zero-order chi connectivity index (χ0) is 13.4. The summed E-state index contributed by atoms with van der Waals surface area (Å²) in [6, 6.07) is 0. The van der Waals surface area contributed by atoms with Gasteiger partial charge < -0.3 is 5.41 Å². The Labute approximate surface area is 104 Å². The fourth-order valence-electron chi connectivity index (χ4n) is 3.95. The van der Waals surface area contributed by atoms with Crippen LogP contribution in [0.15, 0.2) is 0 Å². The zero-order valence-electron chi connectivity index (χ0n) is 12.4. The van der Waals surface area contributed by atoms with Crippen LogP contribution in [-0.4, -0.2) is 13.3 Å². The fourth-order valence-corrected chi connectivity index (χ4v) is 15.3. The second-order valence-electron chi connectivity index (χ2n) is 7.67. The SMILES string of the molecule is CC(C)(C)[Si](P=C=[N-])(C(C)(C)C)C(C)(C)C. The Balaban J connectivity index is 6.15. The van der Waals surface area contributed by atoms with Crippen molar-refractivity contribution in [1.82, 2.24) is 0 Å². The second kappa shape index (κ2) is 4.41. The molecule has 0 amide bonds. The molecule has 0 saturated carbocycles. The third kappa shape index (κ3) is 2.50. The highest BCUT2D eigenvalue weighted by Crippen LogP contribution is 2.66. The van der Waals surface area contributed by atoms with Gasteiger partial charge in [-0.05, 0) is 15.1 Å². The van der Waals surface area contributed by atoms with Gasteiger partial charge in [0.15, 0.2) is 0 Å². The van der Waals surface area contributed by atoms with Crippen LogP contribution in [0.3, 0.4) is 0 Å². The van der Waals surface area contributed by atoms with Crippen molar-refractivity contribution in [2.24, 2.45) is 0 Å². The van der Waals surface area contributed by atoms with Crippen molar-refractivity contribution in [2.45, 2.75) is 77.4 Å². The maximum absolute atomic E-state index is 9.26. The van der Waals surface area contributed by atoms with E-state index in [0.29, 0.717) is 0 Å². The first-order valence-electron chi connectivity index (χ1n) is 5.92. The number of rotatable bonds is 1. The van der Waals surface area contributed by atoms with Gasteiger partial charge in [-0.1, -0.05) is 62.3 Å². The van der Waals surface area contributed by atoms with E-state index in [1.54, 1.807) is 0 Å². The van der Waals surface area contributed by atoms with Crippen molar-refractivity contribution >= 4 is 21.1 Å². The van der Waals surface area contributed by atoms with Gasteiger partial charge in [-0.15, -0.1) is 7.75 Å². The normalized spacial score (nSPS) is 15.1. The molecule has 0 unspecified atom stereocenters. The van der Waals surface area contributed by atoms with Gasteiger partial charge in [0.05, 0.1) is 0 Å². The second-order valence-corrected chi connectivity index (χ2v) is 16.7. The van der Waals surface area contributed by atoms with Crippen LogP contribution in [0.2, 0.25) is 15.1 Å². The molecule has 0 fully saturated rings. The van der Waals surface area contributed by atoms with Crippen LogP contribution in [-0.2, 0) is 0 Å². The third-order valence-electron chi connectivity index (χ3n) is 3.47. The summed E-state index contributed by atoms with van der Waals surface area (Å²) in [6.45, 7) is 20.9. The van der Waals surface area contributed by atoms with Gasteiger partial charge in [0, 0.05) is 0 Å². The van der Waals surface area contributed by atoms with E-state index in [1.807, 2.05) is 0 Å². The summed E-state index contributed by atoms with van der Waals surface area (Å²) in [7, 11) is -0.757. The first-order valence-corrected chi connectivity index (χ1v) is 9.66. The zero-order valence-corrected chi connectivity index (χ0v) is 14.3. The van der Waals surface area contributed by atoms with Crippen molar-refractivity contribution in [3.63, 3.8) is 0 Å². The molecule has 94 valence electrons. The van der Waals surface area contributed by atoms with Gasteiger partial charge in [0.2, 0.25) is 0 Å². The van der Waals surface area contributed by atoms with Crippen molar-refractivity contribution < 1.29 is 0 Å². The van der Waals surface area contributed by atoms with E-state index in [1.165, 1.54) is 0 Å². The van der Waals surface area contributed by atoms with Crippen molar-refractivity contribution in [3.8, 4) is 0 Å². The largest absolute Gasteiger partial charge is 0.760 e. The van der Waals surface area contributed by atoms with Crippen molar-refractivity contribution in [1.29, 1.82) is 0 Å². The maximum atomic E-state index is 9.26. The molecule has 0 aromatic rings. The topological polar surface area (TPSA) is 22.3 Å². The molecular formula is C13H27NPSi-. The van der Waals surface area contributed by atoms with E-state index in [2.05, 4.69) is 67.9 Å². The lowest BCUT2D eigenvalue weighted by Gasteiger charge is -2.56. The van der Waals surface area contributed by atoms with Crippen molar-refractivity contribution in [3.05, 3.63) is 5.41 Å². The Morgan fingerprint density at radius 3 is 1.06 bits per heavy atom. The molecule has 0 bridgehead atoms. The highest BCUT2D eigenvalue weighted by Gasteiger charge is 2.58. The summed E-state index contributed by atoms with van der Waals surface area (Å²) in [6.07, 6.45) is 0. The predicted molar refractivity (Wildman–Crippen MR) is 80.2 cm³/mol. The smallest absolute Gasteiger partial charge is 0.135 e. The van der Waals surface area contributed by atoms with Crippen LogP contribution in [0.1, 0.15) is 62.3 Å². The summed E-state index contributed by atoms with van der Waals surface area (Å²) in [5, 5.41) is 9.97. The van der Waals surface area contributed by atoms with Crippen LogP contribution < -0.4 is 0 Å². The molecule has 0 aliphatic heterocycles. The van der Waals surface area contributed by atoms with E-state index in [9.17, 15) is 5.41 Å². The molecule has 0 aliphatic rings. The van der Waals surface area contributed by atoms with Crippen LogP contribution in [0.5, 0.6) is 0 Å². The summed E-state index contributed by atoms with van der Waals surface area (Å²) in [4.78, 5) is 0. The minimum atomic E-state index is -1.79. The van der Waals surface area contributed by atoms with Gasteiger partial charge in [-0.2, -0.15) is 0 Å². The lowest BCUT2D eigenvalue weighted by atomic mass is 10.2. The van der Waals surface area contributed by atoms with Gasteiger partial charge in [-0.25, -0.2) is 5.59 Å². The maximum Gasteiger partial charge on any atom is 0.135 e. The van der Waals surface area contributed by atoms with Crippen LogP contribution >= 0.6 is 7.75 Å². The first-order chi connectivity index (χ1) is 6.81. The molecule has 0 aromatic heterocycles. The van der Waals surface area contributed by atoms with E-state index < -0.39 is 7.74 Å². The predicted octanol–water partition coefficient (Wildman–Crippen LogP) is 5.75. The van der Waals surface area contributed by atoms with Gasteiger partial charge >= 0.3 is 0 Å². The molecule has 1 nitrogen and oxygen atoms in total. The van der Waals surface area contributed by atoms with E-state index >= 15 is 0 Å². The van der Waals surface area contributed by atoms with Gasteiger partial charge in [-0.3, -0.25) is 0 Å². The molecule has 0 aromatic carbocycles. The monoisotopic (exact) mass is 256 g/mol. The third-order valence-corrected chi connectivity index (χ3v) is 17.8. The molecule has 0 rings (SSSR count). The van der Waals surface area contributed by atoms with E-state index in [0.717, 1.165) is 7.75 Å². The molecular weight excluding hydrogens is 229 g/mol. The quantitative estimate of drug-likeness (QED) is 0.324. The van der Waals surface area contributed by atoms with Crippen LogP contribution in [0.4, 0.5) is 0 Å². The Hall–Kier alpha value is 0.0969. The van der Waals surface area contributed by atoms with Crippen molar-refractivity contribution in [2.75, 3.05) is 0 Å². The molecule has 3 heteroatoms. The van der Waals surface area contributed by atoms with E-state index in [4.69, 9.17) is 0 Å². The highest BCUT2D eigenvalue weighted by atomic mass is 31.3. The number of hydrogen-bond donors (Lipinski definition) is 0. The Morgan fingerprint density at radius 1 is 0.750 bits per heavy atom. The first kappa shape index (κ1) is 16.1. The lowest BCUT2D eigenvalue weighted by Crippen LogP contribution is -2.53. The Morgan fingerprint density at radius 2 is 1.00 bits per heavy atom. The summed E-state index contributed by atoms with van der Waals surface area (Å²) in [5.41, 5.74) is 2.46. The molecule has 0 radical (unpaired) electrons. The Bertz CT molecular complexity index is 259. The van der Waals surface area contributed by atoms with Gasteiger partial charge in [0.25, 0.3) is 0 Å². The minimum absolute atomic E-state index is 0.237. The van der Waals surface area contributed by atoms with Crippen LogP contribution in [0, 0.1) is 0 Å². The fraction of sp³-hybridized carbons (Fsp3) is 0.923. The highest BCUT2D eigenvalue weighted by molar-refractivity contribution is 7.82. The molecule has 0 atom stereocenters. The summed E-state index contributed by atoms with van der Waals surface area (Å²) < 4.78 is 0.